The molecule has 2 rings (SSSR count). The van der Waals surface area contributed by atoms with E-state index in [0.29, 0.717) is 6.42 Å². The van der Waals surface area contributed by atoms with E-state index in [4.69, 9.17) is 10.5 Å². The largest absolute Gasteiger partial charge is 0.490 e. The predicted molar refractivity (Wildman–Crippen MR) is 50.1 cm³/mol. The molecule has 0 aromatic heterocycles. The molecule has 2 N–H and O–H groups in total. The molecular formula is C9H9FN2O3. The van der Waals surface area contributed by atoms with Crippen molar-refractivity contribution in [2.45, 2.75) is 12.5 Å². The summed E-state index contributed by atoms with van der Waals surface area (Å²) in [6, 6.07) is 1.60. The second kappa shape index (κ2) is 3.47. The first kappa shape index (κ1) is 9.85. The van der Waals surface area contributed by atoms with E-state index in [9.17, 15) is 14.5 Å². The Morgan fingerprint density at radius 2 is 2.33 bits per heavy atom. The Hall–Kier alpha value is -1.69. The molecule has 0 spiro atoms. The lowest BCUT2D eigenvalue weighted by Gasteiger charge is -2.22. The number of fused-ring (bicyclic) bond motifs is 1. The Balaban J connectivity index is 2.65. The Morgan fingerprint density at radius 1 is 1.60 bits per heavy atom. The monoisotopic (exact) mass is 212 g/mol. The average Bonchev–Trinajstić information content (AvgIpc) is 2.19. The van der Waals surface area contributed by atoms with Gasteiger partial charge in [-0.25, -0.2) is 4.39 Å². The van der Waals surface area contributed by atoms with Gasteiger partial charge in [-0.15, -0.1) is 0 Å². The van der Waals surface area contributed by atoms with Crippen LogP contribution in [0.4, 0.5) is 10.1 Å². The van der Waals surface area contributed by atoms with E-state index in [1.165, 1.54) is 0 Å². The fraction of sp³-hybridized carbons (Fsp3) is 0.333. The van der Waals surface area contributed by atoms with E-state index < -0.39 is 16.8 Å². The first-order valence-electron chi connectivity index (χ1n) is 4.46. The second-order valence-corrected chi connectivity index (χ2v) is 3.31. The molecule has 1 aliphatic heterocycles. The van der Waals surface area contributed by atoms with Crippen LogP contribution in [-0.4, -0.2) is 11.5 Å². The molecule has 1 aromatic carbocycles. The van der Waals surface area contributed by atoms with Gasteiger partial charge in [0, 0.05) is 18.5 Å². The lowest BCUT2D eigenvalue weighted by Crippen LogP contribution is -2.22. The number of nitrogens with two attached hydrogens (primary N) is 1. The Kier molecular flexibility index (Phi) is 2.28. The highest BCUT2D eigenvalue weighted by Gasteiger charge is 2.30. The highest BCUT2D eigenvalue weighted by molar-refractivity contribution is 5.52. The minimum Gasteiger partial charge on any atom is -0.490 e. The molecule has 0 amide bonds. The quantitative estimate of drug-likeness (QED) is 0.565. The topological polar surface area (TPSA) is 78.4 Å². The van der Waals surface area contributed by atoms with E-state index in [0.717, 1.165) is 12.1 Å². The summed E-state index contributed by atoms with van der Waals surface area (Å²) in [6.07, 6.45) is 0.456. The molecule has 0 aliphatic carbocycles. The Morgan fingerprint density at radius 3 is 3.00 bits per heavy atom. The average molecular weight is 212 g/mol. The zero-order valence-corrected chi connectivity index (χ0v) is 7.77. The molecule has 0 fully saturated rings. The molecule has 1 aromatic rings. The van der Waals surface area contributed by atoms with Crippen LogP contribution in [-0.2, 0) is 0 Å². The zero-order valence-electron chi connectivity index (χ0n) is 7.77. The second-order valence-electron chi connectivity index (χ2n) is 3.31. The van der Waals surface area contributed by atoms with Crippen LogP contribution in [0, 0.1) is 15.9 Å². The number of halogens is 1. The SMILES string of the molecule is N[C@H]1CCOc2c(F)ccc([N+](=O)[O-])c21. The smallest absolute Gasteiger partial charge is 0.278 e. The highest BCUT2D eigenvalue weighted by atomic mass is 19.1. The molecule has 15 heavy (non-hydrogen) atoms. The summed E-state index contributed by atoms with van der Waals surface area (Å²) < 4.78 is 18.3. The van der Waals surface area contributed by atoms with Gasteiger partial charge in [0.2, 0.25) is 0 Å². The van der Waals surface area contributed by atoms with E-state index >= 15 is 0 Å². The lowest BCUT2D eigenvalue weighted by atomic mass is 9.99. The molecule has 0 saturated carbocycles. The van der Waals surface area contributed by atoms with Gasteiger partial charge < -0.3 is 10.5 Å². The van der Waals surface area contributed by atoms with Gasteiger partial charge in [0.1, 0.15) is 0 Å². The number of nitro benzene ring substituents is 1. The number of nitrogens with zero attached hydrogens (tertiary/aromatic N) is 1. The summed E-state index contributed by atoms with van der Waals surface area (Å²) in [4.78, 5) is 10.1. The van der Waals surface area contributed by atoms with Crippen LogP contribution >= 0.6 is 0 Å². The molecule has 80 valence electrons. The third-order valence-corrected chi connectivity index (χ3v) is 2.37. The van der Waals surface area contributed by atoms with Gasteiger partial charge in [-0.05, 0) is 6.07 Å². The standard InChI is InChI=1S/C9H9FN2O3/c10-5-1-2-7(12(13)14)8-6(11)3-4-15-9(5)8/h1-2,6H,3-4,11H2/t6-/m0/s1. The normalized spacial score (nSPS) is 19.2. The molecule has 0 radical (unpaired) electrons. The molecule has 1 atom stereocenters. The van der Waals surface area contributed by atoms with Crippen molar-refractivity contribution >= 4 is 5.69 Å². The van der Waals surface area contributed by atoms with Crippen molar-refractivity contribution in [1.82, 2.24) is 0 Å². The third kappa shape index (κ3) is 1.52. The van der Waals surface area contributed by atoms with Crippen LogP contribution in [0.3, 0.4) is 0 Å². The number of hydrogen-bond donors (Lipinski definition) is 1. The summed E-state index contributed by atoms with van der Waals surface area (Å²) in [5.74, 6) is -0.686. The first-order valence-corrected chi connectivity index (χ1v) is 4.46. The molecule has 1 heterocycles. The van der Waals surface area contributed by atoms with Crippen LogP contribution in [0.2, 0.25) is 0 Å². The van der Waals surface area contributed by atoms with Crippen molar-refractivity contribution < 1.29 is 14.1 Å². The lowest BCUT2D eigenvalue weighted by molar-refractivity contribution is -0.386. The van der Waals surface area contributed by atoms with Crippen molar-refractivity contribution in [3.05, 3.63) is 33.6 Å². The molecule has 5 nitrogen and oxygen atoms in total. The summed E-state index contributed by atoms with van der Waals surface area (Å²) in [5, 5.41) is 10.7. The highest BCUT2D eigenvalue weighted by Crippen LogP contribution is 2.39. The van der Waals surface area contributed by atoms with E-state index in [1.54, 1.807) is 0 Å². The first-order chi connectivity index (χ1) is 7.11. The van der Waals surface area contributed by atoms with Gasteiger partial charge in [-0.2, -0.15) is 0 Å². The Bertz CT molecular complexity index is 422. The number of nitro groups is 1. The Labute approximate surface area is 84.8 Å². The molecule has 0 unspecified atom stereocenters. The van der Waals surface area contributed by atoms with Gasteiger partial charge in [0.15, 0.2) is 11.6 Å². The van der Waals surface area contributed by atoms with Crippen LogP contribution in [0.15, 0.2) is 12.1 Å². The fourth-order valence-corrected chi connectivity index (χ4v) is 1.66. The summed E-state index contributed by atoms with van der Waals surface area (Å²) in [5.41, 5.74) is 5.68. The van der Waals surface area contributed by atoms with Crippen LogP contribution in [0.25, 0.3) is 0 Å². The minimum atomic E-state index is -0.606. The fourth-order valence-electron chi connectivity index (χ4n) is 1.66. The number of rotatable bonds is 1. The van der Waals surface area contributed by atoms with E-state index in [1.807, 2.05) is 0 Å². The van der Waals surface area contributed by atoms with Crippen LogP contribution in [0.1, 0.15) is 18.0 Å². The number of ether oxygens (including phenoxy) is 1. The van der Waals surface area contributed by atoms with E-state index in [2.05, 4.69) is 0 Å². The number of hydrogen-bond acceptors (Lipinski definition) is 4. The van der Waals surface area contributed by atoms with Gasteiger partial charge in [0.05, 0.1) is 17.1 Å². The van der Waals surface area contributed by atoms with Gasteiger partial charge >= 0.3 is 0 Å². The molecule has 1 aliphatic rings. The van der Waals surface area contributed by atoms with Gasteiger partial charge in [-0.3, -0.25) is 10.1 Å². The maximum Gasteiger partial charge on any atom is 0.278 e. The van der Waals surface area contributed by atoms with Gasteiger partial charge in [0.25, 0.3) is 5.69 Å². The van der Waals surface area contributed by atoms with Crippen molar-refractivity contribution in [1.29, 1.82) is 0 Å². The van der Waals surface area contributed by atoms with Crippen LogP contribution < -0.4 is 10.5 Å². The predicted octanol–water partition coefficient (Wildman–Crippen LogP) is 1.52. The summed E-state index contributed by atoms with van der Waals surface area (Å²) >= 11 is 0. The van der Waals surface area contributed by atoms with Crippen molar-refractivity contribution in [3.8, 4) is 5.75 Å². The maximum absolute atomic E-state index is 13.3. The van der Waals surface area contributed by atoms with Crippen molar-refractivity contribution in [2.24, 2.45) is 5.73 Å². The maximum atomic E-state index is 13.3. The summed E-state index contributed by atoms with van der Waals surface area (Å²) in [6.45, 7) is 0.284. The summed E-state index contributed by atoms with van der Waals surface area (Å²) in [7, 11) is 0. The molecule has 0 saturated heterocycles. The third-order valence-electron chi connectivity index (χ3n) is 2.37. The van der Waals surface area contributed by atoms with Crippen LogP contribution in [0.5, 0.6) is 5.75 Å². The van der Waals surface area contributed by atoms with Crippen molar-refractivity contribution in [3.63, 3.8) is 0 Å². The minimum absolute atomic E-state index is 0.0806. The molecule has 6 heteroatoms. The van der Waals surface area contributed by atoms with E-state index in [-0.39, 0.29) is 23.6 Å². The van der Waals surface area contributed by atoms with Crippen molar-refractivity contribution in [2.75, 3.05) is 6.61 Å². The van der Waals surface area contributed by atoms with Gasteiger partial charge in [-0.1, -0.05) is 0 Å². The molecule has 0 bridgehead atoms. The molecular weight excluding hydrogens is 203 g/mol. The number of benzene rings is 1. The zero-order chi connectivity index (χ0) is 11.0.